The fourth-order valence-electron chi connectivity index (χ4n) is 1.90. The van der Waals surface area contributed by atoms with Crippen LogP contribution in [-0.4, -0.2) is 41.3 Å². The number of nitrogens with one attached hydrogen (secondary N) is 2. The largest absolute Gasteiger partial charge is 0.394 e. The smallest absolute Gasteiger partial charge is 0.251 e. The Labute approximate surface area is 110 Å². The van der Waals surface area contributed by atoms with Crippen LogP contribution in [0.4, 0.5) is 5.69 Å². The number of carbonyl (C=O) groups is 2. The van der Waals surface area contributed by atoms with Crippen molar-refractivity contribution in [3.05, 3.63) is 29.3 Å². The van der Waals surface area contributed by atoms with E-state index in [9.17, 15) is 9.59 Å². The minimum Gasteiger partial charge on any atom is -0.394 e. The summed E-state index contributed by atoms with van der Waals surface area (Å²) in [7, 11) is 0. The minimum atomic E-state index is -0.958. The van der Waals surface area contributed by atoms with Crippen molar-refractivity contribution in [2.24, 2.45) is 0 Å². The summed E-state index contributed by atoms with van der Waals surface area (Å²) in [6.45, 7) is -0.389. The molecule has 19 heavy (non-hydrogen) atoms. The van der Waals surface area contributed by atoms with E-state index in [1.165, 1.54) is 0 Å². The molecular formula is C13H16N2O4. The lowest BCUT2D eigenvalue weighted by Gasteiger charge is -2.17. The van der Waals surface area contributed by atoms with Crippen molar-refractivity contribution in [1.82, 2.24) is 5.32 Å². The van der Waals surface area contributed by atoms with Gasteiger partial charge in [0, 0.05) is 24.2 Å². The molecular weight excluding hydrogens is 248 g/mol. The molecule has 0 fully saturated rings. The average molecular weight is 264 g/mol. The van der Waals surface area contributed by atoms with Crippen LogP contribution in [0.3, 0.4) is 0 Å². The average Bonchev–Trinajstić information content (AvgIpc) is 2.43. The van der Waals surface area contributed by atoms with Crippen molar-refractivity contribution >= 4 is 17.5 Å². The lowest BCUT2D eigenvalue weighted by Crippen LogP contribution is -2.34. The van der Waals surface area contributed by atoms with Gasteiger partial charge >= 0.3 is 0 Å². The third kappa shape index (κ3) is 3.30. The zero-order valence-corrected chi connectivity index (χ0v) is 10.3. The molecule has 6 nitrogen and oxygen atoms in total. The van der Waals surface area contributed by atoms with Gasteiger partial charge in [0.25, 0.3) is 5.91 Å². The van der Waals surface area contributed by atoms with E-state index in [4.69, 9.17) is 10.2 Å². The molecule has 4 N–H and O–H groups in total. The predicted octanol–water partition coefficient (Wildman–Crippen LogP) is -0.346. The SMILES string of the molecule is O=C1CCc2cc(C(=O)NCC(O)CO)ccc2N1. The highest BCUT2D eigenvalue weighted by molar-refractivity contribution is 5.97. The number of aryl methyl sites for hydroxylation is 1. The van der Waals surface area contributed by atoms with Crippen LogP contribution >= 0.6 is 0 Å². The van der Waals surface area contributed by atoms with Gasteiger partial charge in [0.2, 0.25) is 5.91 Å². The number of hydrogen-bond acceptors (Lipinski definition) is 4. The van der Waals surface area contributed by atoms with Gasteiger partial charge in [0.05, 0.1) is 12.7 Å². The number of benzene rings is 1. The van der Waals surface area contributed by atoms with Crippen molar-refractivity contribution in [3.63, 3.8) is 0 Å². The lowest BCUT2D eigenvalue weighted by molar-refractivity contribution is -0.116. The molecule has 6 heteroatoms. The summed E-state index contributed by atoms with van der Waals surface area (Å²) in [5.41, 5.74) is 2.14. The monoisotopic (exact) mass is 264 g/mol. The van der Waals surface area contributed by atoms with E-state index in [-0.39, 0.29) is 18.4 Å². The number of amides is 2. The molecule has 1 aromatic rings. The van der Waals surface area contributed by atoms with E-state index in [2.05, 4.69) is 10.6 Å². The van der Waals surface area contributed by atoms with Crippen LogP contribution in [0, 0.1) is 0 Å². The molecule has 0 saturated carbocycles. The maximum Gasteiger partial charge on any atom is 0.251 e. The van der Waals surface area contributed by atoms with Crippen LogP contribution in [0.2, 0.25) is 0 Å². The number of aliphatic hydroxyl groups is 2. The van der Waals surface area contributed by atoms with Gasteiger partial charge in [-0.2, -0.15) is 0 Å². The summed E-state index contributed by atoms with van der Waals surface area (Å²) in [5.74, 6) is -0.331. The normalized spacial score (nSPS) is 15.4. The molecule has 1 aliphatic heterocycles. The van der Waals surface area contributed by atoms with Crippen molar-refractivity contribution in [2.75, 3.05) is 18.5 Å². The Morgan fingerprint density at radius 3 is 2.95 bits per heavy atom. The van der Waals surface area contributed by atoms with Crippen LogP contribution < -0.4 is 10.6 Å². The highest BCUT2D eigenvalue weighted by Crippen LogP contribution is 2.23. The van der Waals surface area contributed by atoms with Crippen molar-refractivity contribution in [3.8, 4) is 0 Å². The van der Waals surface area contributed by atoms with Crippen LogP contribution in [-0.2, 0) is 11.2 Å². The molecule has 1 atom stereocenters. The standard InChI is InChI=1S/C13H16N2O4/c16-7-10(17)6-14-13(19)9-1-3-11-8(5-9)2-4-12(18)15-11/h1,3,5,10,16-17H,2,4,6-7H2,(H,14,19)(H,15,18). The van der Waals surface area contributed by atoms with Gasteiger partial charge in [-0.05, 0) is 30.2 Å². The summed E-state index contributed by atoms with van der Waals surface area (Å²) < 4.78 is 0. The minimum absolute atomic E-state index is 0.00313. The van der Waals surface area contributed by atoms with Crippen LogP contribution in [0.5, 0.6) is 0 Å². The zero-order chi connectivity index (χ0) is 13.8. The fraction of sp³-hybridized carbons (Fsp3) is 0.385. The second-order valence-electron chi connectivity index (χ2n) is 4.47. The van der Waals surface area contributed by atoms with Crippen molar-refractivity contribution < 1.29 is 19.8 Å². The Morgan fingerprint density at radius 2 is 2.21 bits per heavy atom. The molecule has 2 rings (SSSR count). The van der Waals surface area contributed by atoms with E-state index in [1.54, 1.807) is 18.2 Å². The van der Waals surface area contributed by atoms with Crippen LogP contribution in [0.15, 0.2) is 18.2 Å². The van der Waals surface area contributed by atoms with E-state index in [0.717, 1.165) is 11.3 Å². The number of rotatable bonds is 4. The van der Waals surface area contributed by atoms with Gasteiger partial charge in [-0.1, -0.05) is 0 Å². The van der Waals surface area contributed by atoms with Gasteiger partial charge in [0.15, 0.2) is 0 Å². The summed E-state index contributed by atoms with van der Waals surface area (Å²) in [4.78, 5) is 23.0. The lowest BCUT2D eigenvalue weighted by atomic mass is 10.00. The highest BCUT2D eigenvalue weighted by atomic mass is 16.3. The third-order valence-corrected chi connectivity index (χ3v) is 2.97. The first-order valence-electron chi connectivity index (χ1n) is 6.10. The van der Waals surface area contributed by atoms with E-state index < -0.39 is 12.7 Å². The molecule has 1 unspecified atom stereocenters. The fourth-order valence-corrected chi connectivity index (χ4v) is 1.90. The maximum absolute atomic E-state index is 11.8. The number of hydrogen-bond donors (Lipinski definition) is 4. The quantitative estimate of drug-likeness (QED) is 0.597. The van der Waals surface area contributed by atoms with Gasteiger partial charge < -0.3 is 20.8 Å². The Morgan fingerprint density at radius 1 is 1.42 bits per heavy atom. The molecule has 102 valence electrons. The number of aliphatic hydroxyl groups excluding tert-OH is 2. The summed E-state index contributed by atoms with van der Waals surface area (Å²) in [6.07, 6.45) is 0.0731. The molecule has 1 heterocycles. The zero-order valence-electron chi connectivity index (χ0n) is 10.3. The van der Waals surface area contributed by atoms with E-state index >= 15 is 0 Å². The molecule has 1 aliphatic rings. The number of anilines is 1. The van der Waals surface area contributed by atoms with Gasteiger partial charge in [-0.25, -0.2) is 0 Å². The topological polar surface area (TPSA) is 98.7 Å². The molecule has 0 aromatic heterocycles. The van der Waals surface area contributed by atoms with Gasteiger partial charge in [-0.15, -0.1) is 0 Å². The van der Waals surface area contributed by atoms with E-state index in [0.29, 0.717) is 18.4 Å². The summed E-state index contributed by atoms with van der Waals surface area (Å²) in [6, 6.07) is 5.05. The van der Waals surface area contributed by atoms with E-state index in [1.807, 2.05) is 0 Å². The molecule has 0 saturated heterocycles. The summed E-state index contributed by atoms with van der Waals surface area (Å²) in [5, 5.41) is 23.1. The first-order chi connectivity index (χ1) is 9.10. The number of carbonyl (C=O) groups excluding carboxylic acids is 2. The Balaban J connectivity index is 2.05. The molecule has 0 bridgehead atoms. The summed E-state index contributed by atoms with van der Waals surface area (Å²) >= 11 is 0. The first kappa shape index (κ1) is 13.5. The second-order valence-corrected chi connectivity index (χ2v) is 4.47. The van der Waals surface area contributed by atoms with Crippen LogP contribution in [0.1, 0.15) is 22.3 Å². The predicted molar refractivity (Wildman–Crippen MR) is 68.8 cm³/mol. The molecule has 1 aromatic carbocycles. The maximum atomic E-state index is 11.8. The number of fused-ring (bicyclic) bond motifs is 1. The van der Waals surface area contributed by atoms with Crippen molar-refractivity contribution in [1.29, 1.82) is 0 Å². The Hall–Kier alpha value is -1.92. The third-order valence-electron chi connectivity index (χ3n) is 2.97. The van der Waals surface area contributed by atoms with Crippen molar-refractivity contribution in [2.45, 2.75) is 18.9 Å². The van der Waals surface area contributed by atoms with Crippen LogP contribution in [0.25, 0.3) is 0 Å². The van der Waals surface area contributed by atoms with Gasteiger partial charge in [0.1, 0.15) is 0 Å². The molecule has 0 spiro atoms. The highest BCUT2D eigenvalue weighted by Gasteiger charge is 2.16. The molecule has 0 radical (unpaired) electrons. The first-order valence-corrected chi connectivity index (χ1v) is 6.10. The molecule has 2 amide bonds. The second kappa shape index (κ2) is 5.81. The molecule has 0 aliphatic carbocycles. The Bertz CT molecular complexity index is 501. The van der Waals surface area contributed by atoms with Gasteiger partial charge in [-0.3, -0.25) is 9.59 Å². The Kier molecular flexibility index (Phi) is 4.13.